The average molecular weight is 868 g/mol. The summed E-state index contributed by atoms with van der Waals surface area (Å²) >= 11 is 0. The van der Waals surface area contributed by atoms with Crippen LogP contribution in [0.1, 0.15) is 105 Å². The molecule has 3 atom stereocenters. The van der Waals surface area contributed by atoms with E-state index in [1.54, 1.807) is 6.92 Å². The van der Waals surface area contributed by atoms with Crippen LogP contribution in [-0.4, -0.2) is 130 Å². The van der Waals surface area contributed by atoms with Gasteiger partial charge in [0.2, 0.25) is 23.6 Å². The minimum atomic E-state index is -4.62. The van der Waals surface area contributed by atoms with Crippen LogP contribution >= 0.6 is 7.82 Å². The first kappa shape index (κ1) is 54.8. The van der Waals surface area contributed by atoms with E-state index in [-0.39, 0.29) is 94.6 Å². The molecule has 0 rings (SSSR count). The van der Waals surface area contributed by atoms with Gasteiger partial charge in [-0.15, -0.1) is 0 Å². The van der Waals surface area contributed by atoms with Gasteiger partial charge in [0.05, 0.1) is 32.4 Å². The number of hydrogen-bond donors (Lipinski definition) is 6. The fraction of sp³-hybridized carbons (Fsp3) is 0.784. The minimum Gasteiger partial charge on any atom is -0.462 e. The van der Waals surface area contributed by atoms with Crippen molar-refractivity contribution in [1.29, 1.82) is 0 Å². The van der Waals surface area contributed by atoms with Crippen molar-refractivity contribution < 1.29 is 75.8 Å². The van der Waals surface area contributed by atoms with Crippen molar-refractivity contribution in [2.45, 2.75) is 117 Å². The zero-order valence-electron chi connectivity index (χ0n) is 35.1. The number of ether oxygens (including phenoxy) is 4. The Morgan fingerprint density at radius 3 is 1.98 bits per heavy atom. The van der Waals surface area contributed by atoms with E-state index in [0.717, 1.165) is 19.3 Å². The number of alkyl carbamates (subject to hydrolysis) is 1. The van der Waals surface area contributed by atoms with Gasteiger partial charge in [0.15, 0.2) is 11.9 Å². The molecule has 22 heteroatoms. The summed E-state index contributed by atoms with van der Waals surface area (Å²) in [6, 6.07) is -0.642. The fourth-order valence-corrected chi connectivity index (χ4v) is 5.50. The van der Waals surface area contributed by atoms with E-state index in [0.29, 0.717) is 38.8 Å². The highest BCUT2D eigenvalue weighted by Crippen LogP contribution is 2.43. The van der Waals surface area contributed by atoms with Gasteiger partial charge < -0.3 is 50.4 Å². The SMILES string of the molecule is CCCCC(=O)O[C@H](COC(=O)CC)COP(=O)(O)OCCNC(=O)OCCOCC(=O)NCCCCCCNC(=O)CNC(=O)CCC(=O)[C@H](CC(C)C)NC(C)=O. The molecule has 0 saturated carbocycles. The van der Waals surface area contributed by atoms with Crippen LogP contribution in [0, 0.1) is 5.92 Å². The Labute approximate surface area is 346 Å². The summed E-state index contributed by atoms with van der Waals surface area (Å²) in [4.78, 5) is 105. The Bertz CT molecular complexity index is 1350. The van der Waals surface area contributed by atoms with Crippen LogP contribution in [0.2, 0.25) is 0 Å². The molecule has 0 aliphatic carbocycles. The van der Waals surface area contributed by atoms with Gasteiger partial charge in [0, 0.05) is 52.2 Å². The van der Waals surface area contributed by atoms with Crippen LogP contribution < -0.4 is 26.6 Å². The van der Waals surface area contributed by atoms with Gasteiger partial charge in [-0.1, -0.05) is 47.0 Å². The summed E-state index contributed by atoms with van der Waals surface area (Å²) in [6.07, 6.45) is 2.87. The van der Waals surface area contributed by atoms with Crippen molar-refractivity contribution in [1.82, 2.24) is 26.6 Å². The highest BCUT2D eigenvalue weighted by Gasteiger charge is 2.26. The number of hydrogen-bond acceptors (Lipinski definition) is 15. The molecule has 0 aliphatic heterocycles. The van der Waals surface area contributed by atoms with E-state index in [9.17, 15) is 47.8 Å². The van der Waals surface area contributed by atoms with Crippen molar-refractivity contribution >= 4 is 55.3 Å². The number of unbranched alkanes of at least 4 members (excludes halogenated alkanes) is 4. The molecule has 0 spiro atoms. The summed E-state index contributed by atoms with van der Waals surface area (Å²) in [5.74, 6) is -2.63. The van der Waals surface area contributed by atoms with Gasteiger partial charge in [-0.25, -0.2) is 9.36 Å². The molecule has 5 amide bonds. The topological polar surface area (TPSA) is 289 Å². The lowest BCUT2D eigenvalue weighted by atomic mass is 9.97. The molecule has 21 nitrogen and oxygen atoms in total. The molecule has 6 N–H and O–H groups in total. The average Bonchev–Trinajstić information content (AvgIpc) is 3.17. The Morgan fingerprint density at radius 1 is 0.678 bits per heavy atom. The zero-order chi connectivity index (χ0) is 44.5. The number of nitrogens with one attached hydrogen (secondary N) is 5. The lowest BCUT2D eigenvalue weighted by molar-refractivity contribution is -0.161. The second-order valence-corrected chi connectivity index (χ2v) is 15.2. The number of amides is 5. The first-order valence-corrected chi connectivity index (χ1v) is 21.5. The summed E-state index contributed by atoms with van der Waals surface area (Å²) < 4.78 is 42.1. The predicted octanol–water partition coefficient (Wildman–Crippen LogP) is 1.73. The Balaban J connectivity index is 3.96. The fourth-order valence-electron chi connectivity index (χ4n) is 4.75. The smallest absolute Gasteiger partial charge is 0.462 e. The molecular formula is C37H66N5O16P. The van der Waals surface area contributed by atoms with E-state index >= 15 is 0 Å². The van der Waals surface area contributed by atoms with Gasteiger partial charge in [-0.2, -0.15) is 0 Å². The summed E-state index contributed by atoms with van der Waals surface area (Å²) in [5, 5.41) is 12.8. The summed E-state index contributed by atoms with van der Waals surface area (Å²) in [6.45, 7) is 7.19. The van der Waals surface area contributed by atoms with Crippen LogP contribution in [0.4, 0.5) is 4.79 Å². The minimum absolute atomic E-state index is 0.0406. The summed E-state index contributed by atoms with van der Waals surface area (Å²) in [5.41, 5.74) is 0. The number of rotatable bonds is 35. The maximum Gasteiger partial charge on any atom is 0.472 e. The monoisotopic (exact) mass is 867 g/mol. The predicted molar refractivity (Wildman–Crippen MR) is 211 cm³/mol. The van der Waals surface area contributed by atoms with Gasteiger partial charge in [0.25, 0.3) is 0 Å². The molecule has 0 aromatic heterocycles. The number of phosphoric ester groups is 1. The number of ketones is 1. The van der Waals surface area contributed by atoms with E-state index in [4.69, 9.17) is 28.0 Å². The van der Waals surface area contributed by atoms with Crippen LogP contribution in [0.5, 0.6) is 0 Å². The van der Waals surface area contributed by atoms with Crippen molar-refractivity contribution in [3.8, 4) is 0 Å². The lowest BCUT2D eigenvalue weighted by Gasteiger charge is -2.19. The standard InChI is InChI=1S/C37H66N5O16P/c1-6-8-13-36(49)58-29(24-55-35(48)7-2)25-57-59(51,52)56-19-18-40-37(50)54-21-20-53-26-34(47)39-17-12-10-9-11-16-38-33(46)23-41-32(45)15-14-31(44)30(22-27(3)4)42-28(5)43/h27,29-30H,6-26H2,1-5H3,(H,38,46)(H,39,47)(H,40,50)(H,41,45)(H,42,43)(H,51,52)/t29-,30+/m1/s1. The van der Waals surface area contributed by atoms with Gasteiger partial charge >= 0.3 is 25.9 Å². The Kier molecular flexibility index (Phi) is 31.3. The van der Waals surface area contributed by atoms with E-state index in [1.165, 1.54) is 6.92 Å². The highest BCUT2D eigenvalue weighted by molar-refractivity contribution is 7.47. The molecule has 0 heterocycles. The van der Waals surface area contributed by atoms with Gasteiger partial charge in [-0.3, -0.25) is 42.6 Å². The van der Waals surface area contributed by atoms with Gasteiger partial charge in [-0.05, 0) is 31.6 Å². The normalized spacial score (nSPS) is 12.9. The largest absolute Gasteiger partial charge is 0.472 e. The maximum absolute atomic E-state index is 12.4. The summed E-state index contributed by atoms with van der Waals surface area (Å²) in [7, 11) is -4.62. The molecule has 1 unspecified atom stereocenters. The number of carbonyl (C=O) groups excluding carboxylic acids is 8. The van der Waals surface area contributed by atoms with E-state index in [1.807, 2.05) is 20.8 Å². The number of esters is 2. The molecule has 0 fully saturated rings. The van der Waals surface area contributed by atoms with Crippen LogP contribution in [0.15, 0.2) is 0 Å². The molecule has 340 valence electrons. The highest BCUT2D eigenvalue weighted by atomic mass is 31.2. The zero-order valence-corrected chi connectivity index (χ0v) is 36.0. The molecule has 0 saturated heterocycles. The molecule has 0 aromatic carbocycles. The van der Waals surface area contributed by atoms with Crippen LogP contribution in [0.25, 0.3) is 0 Å². The quantitative estimate of drug-likeness (QED) is 0.0229. The van der Waals surface area contributed by atoms with Crippen LogP contribution in [-0.2, 0) is 66.1 Å². The number of phosphoric acid groups is 1. The third kappa shape index (κ3) is 33.4. The van der Waals surface area contributed by atoms with Crippen molar-refractivity contribution in [2.75, 3.05) is 65.8 Å². The number of carbonyl (C=O) groups is 8. The molecular weight excluding hydrogens is 801 g/mol. The number of Topliss-reactive ketones (excluding diaryl/α,β-unsaturated/α-hetero) is 1. The van der Waals surface area contributed by atoms with Crippen molar-refractivity contribution in [3.63, 3.8) is 0 Å². The molecule has 0 aliphatic rings. The molecule has 0 aromatic rings. The van der Waals surface area contributed by atoms with Gasteiger partial charge in [0.1, 0.15) is 19.8 Å². The maximum atomic E-state index is 12.4. The lowest BCUT2D eigenvalue weighted by Crippen LogP contribution is -2.41. The second kappa shape index (κ2) is 33.6. The molecule has 0 radical (unpaired) electrons. The van der Waals surface area contributed by atoms with E-state index < -0.39 is 57.1 Å². The van der Waals surface area contributed by atoms with Crippen molar-refractivity contribution in [2.24, 2.45) is 5.92 Å². The third-order valence-electron chi connectivity index (χ3n) is 7.76. The molecule has 59 heavy (non-hydrogen) atoms. The third-order valence-corrected chi connectivity index (χ3v) is 8.74. The molecule has 0 bridgehead atoms. The Morgan fingerprint density at radius 2 is 1.36 bits per heavy atom. The first-order chi connectivity index (χ1) is 28.0. The first-order valence-electron chi connectivity index (χ1n) is 20.0. The van der Waals surface area contributed by atoms with Crippen LogP contribution in [0.3, 0.4) is 0 Å². The Hall–Kier alpha value is -4.17. The van der Waals surface area contributed by atoms with E-state index in [2.05, 4.69) is 26.6 Å². The van der Waals surface area contributed by atoms with Crippen molar-refractivity contribution in [3.05, 3.63) is 0 Å². The second-order valence-electron chi connectivity index (χ2n) is 13.7.